The number of aryl methyl sites for hydroxylation is 1. The molecule has 8 heteroatoms. The minimum atomic E-state index is -3.86. The molecule has 0 saturated heterocycles. The number of nitrogens with one attached hydrogen (secondary N) is 1. The van der Waals surface area contributed by atoms with Gasteiger partial charge in [0.25, 0.3) is 10.0 Å². The van der Waals surface area contributed by atoms with E-state index in [4.69, 9.17) is 16.7 Å². The summed E-state index contributed by atoms with van der Waals surface area (Å²) in [5.41, 5.74) is 0.901. The number of aromatic nitrogens is 1. The molecule has 0 radical (unpaired) electrons. The molecular formula is C13H11ClN2O4S. The second-order valence-electron chi connectivity index (χ2n) is 4.24. The van der Waals surface area contributed by atoms with Crippen LogP contribution >= 0.6 is 11.6 Å². The third-order valence-electron chi connectivity index (χ3n) is 2.64. The summed E-state index contributed by atoms with van der Waals surface area (Å²) in [4.78, 5) is 14.7. The van der Waals surface area contributed by atoms with Crippen LogP contribution in [0.4, 0.5) is 5.69 Å². The van der Waals surface area contributed by atoms with Gasteiger partial charge < -0.3 is 5.11 Å². The van der Waals surface area contributed by atoms with E-state index in [-0.39, 0.29) is 15.5 Å². The van der Waals surface area contributed by atoms with Crippen molar-refractivity contribution in [2.45, 2.75) is 11.8 Å². The highest BCUT2D eigenvalue weighted by atomic mass is 35.5. The molecule has 6 nitrogen and oxygen atoms in total. The van der Waals surface area contributed by atoms with Crippen LogP contribution < -0.4 is 4.72 Å². The third kappa shape index (κ3) is 3.50. The normalized spacial score (nSPS) is 11.1. The van der Waals surface area contributed by atoms with E-state index < -0.39 is 16.0 Å². The standard InChI is InChI=1S/C13H11ClN2O4S/c1-8-2-3-9(7-15-8)16-21(19,20)10-4-5-11(13(17)18)12(14)6-10/h2-7,16H,1H3,(H,17,18). The van der Waals surface area contributed by atoms with Gasteiger partial charge >= 0.3 is 5.97 Å². The van der Waals surface area contributed by atoms with Crippen molar-refractivity contribution in [3.05, 3.63) is 52.8 Å². The lowest BCUT2D eigenvalue weighted by Gasteiger charge is -2.09. The predicted octanol–water partition coefficient (Wildman–Crippen LogP) is 2.54. The lowest BCUT2D eigenvalue weighted by atomic mass is 10.2. The minimum absolute atomic E-state index is 0.127. The topological polar surface area (TPSA) is 96.4 Å². The van der Waals surface area contributed by atoms with Gasteiger partial charge in [-0.05, 0) is 37.3 Å². The number of pyridine rings is 1. The summed E-state index contributed by atoms with van der Waals surface area (Å²) < 4.78 is 26.7. The number of carboxylic acid groups (broad SMARTS) is 1. The molecule has 2 rings (SSSR count). The Bertz CT molecular complexity index is 788. The Kier molecular flexibility index (Phi) is 4.15. The number of benzene rings is 1. The second-order valence-corrected chi connectivity index (χ2v) is 6.33. The van der Waals surface area contributed by atoms with E-state index in [2.05, 4.69) is 9.71 Å². The first-order valence-corrected chi connectivity index (χ1v) is 7.64. The first kappa shape index (κ1) is 15.3. The zero-order valence-electron chi connectivity index (χ0n) is 10.9. The monoisotopic (exact) mass is 326 g/mol. The van der Waals surface area contributed by atoms with Crippen molar-refractivity contribution in [2.75, 3.05) is 4.72 Å². The van der Waals surface area contributed by atoms with Gasteiger partial charge in [0, 0.05) is 5.69 Å². The summed E-state index contributed by atoms with van der Waals surface area (Å²) >= 11 is 5.77. The quantitative estimate of drug-likeness (QED) is 0.900. The SMILES string of the molecule is Cc1ccc(NS(=O)(=O)c2ccc(C(=O)O)c(Cl)c2)cn1. The average Bonchev–Trinajstić information content (AvgIpc) is 2.40. The van der Waals surface area contributed by atoms with Gasteiger partial charge in [0.2, 0.25) is 0 Å². The lowest BCUT2D eigenvalue weighted by Crippen LogP contribution is -2.13. The molecule has 0 aliphatic rings. The molecule has 0 atom stereocenters. The fourth-order valence-corrected chi connectivity index (χ4v) is 2.97. The molecule has 0 aliphatic heterocycles. The molecule has 2 aromatic rings. The maximum absolute atomic E-state index is 12.2. The highest BCUT2D eigenvalue weighted by Gasteiger charge is 2.18. The number of rotatable bonds is 4. The lowest BCUT2D eigenvalue weighted by molar-refractivity contribution is 0.0697. The maximum atomic E-state index is 12.2. The van der Waals surface area contributed by atoms with Gasteiger partial charge in [-0.2, -0.15) is 0 Å². The number of halogens is 1. The first-order valence-electron chi connectivity index (χ1n) is 5.78. The molecule has 0 fully saturated rings. The Balaban J connectivity index is 2.33. The number of hydrogen-bond acceptors (Lipinski definition) is 4. The van der Waals surface area contributed by atoms with Crippen LogP contribution in [0.5, 0.6) is 0 Å². The molecule has 110 valence electrons. The molecule has 21 heavy (non-hydrogen) atoms. The van der Waals surface area contributed by atoms with Crippen LogP contribution in [-0.2, 0) is 10.0 Å². The molecule has 2 N–H and O–H groups in total. The van der Waals surface area contributed by atoms with Gasteiger partial charge in [0.1, 0.15) is 0 Å². The molecule has 0 amide bonds. The van der Waals surface area contributed by atoms with E-state index in [0.29, 0.717) is 5.69 Å². The van der Waals surface area contributed by atoms with Gasteiger partial charge in [0.15, 0.2) is 0 Å². The number of carboxylic acids is 1. The molecule has 0 unspecified atom stereocenters. The van der Waals surface area contributed by atoms with Crippen molar-refractivity contribution in [3.63, 3.8) is 0 Å². The number of aromatic carboxylic acids is 1. The van der Waals surface area contributed by atoms with E-state index in [9.17, 15) is 13.2 Å². The first-order chi connectivity index (χ1) is 9.79. The van der Waals surface area contributed by atoms with Crippen molar-refractivity contribution >= 4 is 33.3 Å². The number of carbonyl (C=O) groups is 1. The van der Waals surface area contributed by atoms with E-state index in [0.717, 1.165) is 17.8 Å². The van der Waals surface area contributed by atoms with E-state index in [1.54, 1.807) is 19.1 Å². The molecule has 1 aromatic carbocycles. The van der Waals surface area contributed by atoms with Crippen LogP contribution in [-0.4, -0.2) is 24.5 Å². The van der Waals surface area contributed by atoms with Crippen molar-refractivity contribution in [2.24, 2.45) is 0 Å². The molecule has 1 heterocycles. The largest absolute Gasteiger partial charge is 0.478 e. The number of sulfonamides is 1. The van der Waals surface area contributed by atoms with Gasteiger partial charge in [-0.3, -0.25) is 9.71 Å². The molecule has 0 spiro atoms. The molecule has 0 aliphatic carbocycles. The fraction of sp³-hybridized carbons (Fsp3) is 0.0769. The van der Waals surface area contributed by atoms with Gasteiger partial charge in [0.05, 0.1) is 27.4 Å². The smallest absolute Gasteiger partial charge is 0.337 e. The van der Waals surface area contributed by atoms with Crippen LogP contribution in [0.15, 0.2) is 41.4 Å². The number of nitrogens with zero attached hydrogens (tertiary/aromatic N) is 1. The molecule has 1 aromatic heterocycles. The fourth-order valence-electron chi connectivity index (χ4n) is 1.58. The van der Waals surface area contributed by atoms with Crippen LogP contribution in [0.2, 0.25) is 5.02 Å². The Morgan fingerprint density at radius 1 is 1.29 bits per heavy atom. The van der Waals surface area contributed by atoms with Gasteiger partial charge in [-0.1, -0.05) is 11.6 Å². The van der Waals surface area contributed by atoms with Crippen molar-refractivity contribution in [1.82, 2.24) is 4.98 Å². The second kappa shape index (κ2) is 5.71. The summed E-state index contributed by atoms with van der Waals surface area (Å²) in [6.07, 6.45) is 1.39. The Morgan fingerprint density at radius 2 is 2.00 bits per heavy atom. The predicted molar refractivity (Wildman–Crippen MR) is 78.2 cm³/mol. The molecule has 0 saturated carbocycles. The summed E-state index contributed by atoms with van der Waals surface area (Å²) in [6.45, 7) is 1.78. The van der Waals surface area contributed by atoms with Crippen LogP contribution in [0.25, 0.3) is 0 Å². The Morgan fingerprint density at radius 3 is 2.52 bits per heavy atom. The van der Waals surface area contributed by atoms with Crippen LogP contribution in [0.3, 0.4) is 0 Å². The maximum Gasteiger partial charge on any atom is 0.337 e. The van der Waals surface area contributed by atoms with Crippen molar-refractivity contribution < 1.29 is 18.3 Å². The van der Waals surface area contributed by atoms with Crippen LogP contribution in [0.1, 0.15) is 16.1 Å². The summed E-state index contributed by atoms with van der Waals surface area (Å²) in [7, 11) is -3.86. The number of anilines is 1. The van der Waals surface area contributed by atoms with E-state index in [1.807, 2.05) is 0 Å². The highest BCUT2D eigenvalue weighted by Crippen LogP contribution is 2.22. The van der Waals surface area contributed by atoms with Crippen molar-refractivity contribution in [1.29, 1.82) is 0 Å². The summed E-state index contributed by atoms with van der Waals surface area (Å²) in [5.74, 6) is -1.22. The van der Waals surface area contributed by atoms with E-state index >= 15 is 0 Å². The number of hydrogen-bond donors (Lipinski definition) is 2. The minimum Gasteiger partial charge on any atom is -0.478 e. The third-order valence-corrected chi connectivity index (χ3v) is 4.34. The molecule has 0 bridgehead atoms. The van der Waals surface area contributed by atoms with Gasteiger partial charge in [-0.25, -0.2) is 13.2 Å². The van der Waals surface area contributed by atoms with Crippen LogP contribution in [0, 0.1) is 6.92 Å². The van der Waals surface area contributed by atoms with E-state index in [1.165, 1.54) is 12.3 Å². The van der Waals surface area contributed by atoms with Gasteiger partial charge in [-0.15, -0.1) is 0 Å². The summed E-state index contributed by atoms with van der Waals surface area (Å²) in [5, 5.41) is 8.72. The zero-order chi connectivity index (χ0) is 15.6. The summed E-state index contributed by atoms with van der Waals surface area (Å²) in [6, 6.07) is 6.66. The Labute approximate surface area is 126 Å². The Hall–Kier alpha value is -2.12. The zero-order valence-corrected chi connectivity index (χ0v) is 12.4. The van der Waals surface area contributed by atoms with Crippen molar-refractivity contribution in [3.8, 4) is 0 Å². The highest BCUT2D eigenvalue weighted by molar-refractivity contribution is 7.92. The molecular weight excluding hydrogens is 316 g/mol. The average molecular weight is 327 g/mol.